The minimum atomic E-state index is -3.52. The van der Waals surface area contributed by atoms with Gasteiger partial charge < -0.3 is 10.1 Å². The quantitative estimate of drug-likeness (QED) is 0.835. The summed E-state index contributed by atoms with van der Waals surface area (Å²) in [6.07, 6.45) is 1.81. The molecule has 1 atom stereocenters. The summed E-state index contributed by atoms with van der Waals surface area (Å²) in [6, 6.07) is 1.56. The molecule has 2 rings (SSSR count). The lowest BCUT2D eigenvalue weighted by atomic mass is 10.1. The van der Waals surface area contributed by atoms with E-state index < -0.39 is 16.0 Å². The van der Waals surface area contributed by atoms with Crippen LogP contribution in [0, 0.1) is 0 Å². The minimum absolute atomic E-state index is 0.179. The molecule has 0 bridgehead atoms. The van der Waals surface area contributed by atoms with Crippen LogP contribution in [0.15, 0.2) is 15.7 Å². The van der Waals surface area contributed by atoms with Crippen LogP contribution in [-0.2, 0) is 14.8 Å². The third-order valence-corrected chi connectivity index (χ3v) is 6.66. The molecule has 0 aliphatic carbocycles. The summed E-state index contributed by atoms with van der Waals surface area (Å²) in [7, 11) is -0.413. The Morgan fingerprint density at radius 3 is 2.95 bits per heavy atom. The second-order valence-corrected chi connectivity index (χ2v) is 7.71. The molecule has 1 aromatic heterocycles. The Morgan fingerprint density at radius 2 is 2.30 bits per heavy atom. The summed E-state index contributed by atoms with van der Waals surface area (Å²) in [6.45, 7) is 0.982. The van der Waals surface area contributed by atoms with E-state index in [-0.39, 0.29) is 15.8 Å². The Balaban J connectivity index is 2.21. The first-order valence-corrected chi connectivity index (χ1v) is 8.65. The first kappa shape index (κ1) is 15.4. The Labute approximate surface area is 122 Å². The normalized spacial score (nSPS) is 20.8. The van der Waals surface area contributed by atoms with Gasteiger partial charge in [0.25, 0.3) is 10.0 Å². The molecule has 112 valence electrons. The van der Waals surface area contributed by atoms with E-state index >= 15 is 0 Å². The van der Waals surface area contributed by atoms with Gasteiger partial charge in [-0.1, -0.05) is 0 Å². The first-order valence-electron chi connectivity index (χ1n) is 6.33. The van der Waals surface area contributed by atoms with Gasteiger partial charge >= 0.3 is 5.97 Å². The van der Waals surface area contributed by atoms with E-state index in [0.29, 0.717) is 13.1 Å². The smallest absolute Gasteiger partial charge is 0.338 e. The van der Waals surface area contributed by atoms with Gasteiger partial charge in [0.2, 0.25) is 0 Å². The standard InChI is InChI=1S/C12H18N2O4S2/c1-13-10-4-3-5-14(7-10)20(16,17)11-6-9(8-19-11)12(15)18-2/h6,8,10,13H,3-5,7H2,1-2H3. The van der Waals surface area contributed by atoms with E-state index in [2.05, 4.69) is 10.1 Å². The number of sulfonamides is 1. The van der Waals surface area contributed by atoms with Gasteiger partial charge in [0.05, 0.1) is 12.7 Å². The molecule has 0 spiro atoms. The number of nitrogens with zero attached hydrogens (tertiary/aromatic N) is 1. The summed E-state index contributed by atoms with van der Waals surface area (Å²) in [5.74, 6) is -0.519. The number of methoxy groups -OCH3 is 1. The maximum Gasteiger partial charge on any atom is 0.338 e. The van der Waals surface area contributed by atoms with Gasteiger partial charge in [-0.2, -0.15) is 4.31 Å². The van der Waals surface area contributed by atoms with Crippen molar-refractivity contribution in [2.45, 2.75) is 23.1 Å². The molecule has 1 unspecified atom stereocenters. The summed E-state index contributed by atoms with van der Waals surface area (Å²) < 4.78 is 31.3. The van der Waals surface area contributed by atoms with Crippen molar-refractivity contribution in [3.63, 3.8) is 0 Å². The zero-order valence-corrected chi connectivity index (χ0v) is 13.1. The summed E-state index contributed by atoms with van der Waals surface area (Å²) in [5.41, 5.74) is 0.276. The SMILES string of the molecule is CNC1CCCN(S(=O)(=O)c2cc(C(=O)OC)cs2)C1. The van der Waals surface area contributed by atoms with Gasteiger partial charge in [-0.3, -0.25) is 0 Å². The Morgan fingerprint density at radius 1 is 1.55 bits per heavy atom. The van der Waals surface area contributed by atoms with Crippen LogP contribution < -0.4 is 5.32 Å². The fourth-order valence-electron chi connectivity index (χ4n) is 2.20. The highest BCUT2D eigenvalue weighted by molar-refractivity contribution is 7.91. The molecular formula is C12H18N2O4S2. The fourth-order valence-corrected chi connectivity index (χ4v) is 5.03. The highest BCUT2D eigenvalue weighted by Gasteiger charge is 2.31. The van der Waals surface area contributed by atoms with Crippen molar-refractivity contribution in [3.05, 3.63) is 17.0 Å². The van der Waals surface area contributed by atoms with Crippen molar-refractivity contribution in [3.8, 4) is 0 Å². The van der Waals surface area contributed by atoms with E-state index in [9.17, 15) is 13.2 Å². The monoisotopic (exact) mass is 318 g/mol. The molecule has 1 aliphatic rings. The minimum Gasteiger partial charge on any atom is -0.465 e. The molecule has 0 radical (unpaired) electrons. The summed E-state index contributed by atoms with van der Waals surface area (Å²) >= 11 is 1.05. The van der Waals surface area contributed by atoms with Gasteiger partial charge in [0.15, 0.2) is 0 Å². The average Bonchev–Trinajstić information content (AvgIpc) is 2.97. The fraction of sp³-hybridized carbons (Fsp3) is 0.583. The topological polar surface area (TPSA) is 75.7 Å². The van der Waals surface area contributed by atoms with E-state index in [1.165, 1.54) is 22.9 Å². The maximum atomic E-state index is 12.5. The third-order valence-electron chi connectivity index (χ3n) is 3.38. The van der Waals surface area contributed by atoms with Crippen molar-refractivity contribution >= 4 is 27.3 Å². The van der Waals surface area contributed by atoms with Gasteiger partial charge in [-0.15, -0.1) is 11.3 Å². The lowest BCUT2D eigenvalue weighted by Gasteiger charge is -2.31. The molecule has 1 fully saturated rings. The number of ether oxygens (including phenoxy) is 1. The molecule has 0 aromatic carbocycles. The average molecular weight is 318 g/mol. The van der Waals surface area contributed by atoms with Crippen molar-refractivity contribution in [2.24, 2.45) is 0 Å². The van der Waals surface area contributed by atoms with E-state index in [1.807, 2.05) is 7.05 Å². The number of nitrogens with one attached hydrogen (secondary N) is 1. The van der Waals surface area contributed by atoms with Crippen LogP contribution in [0.5, 0.6) is 0 Å². The highest BCUT2D eigenvalue weighted by atomic mass is 32.2. The first-order chi connectivity index (χ1) is 9.48. The largest absolute Gasteiger partial charge is 0.465 e. The van der Waals surface area contributed by atoms with Crippen molar-refractivity contribution in [1.82, 2.24) is 9.62 Å². The van der Waals surface area contributed by atoms with Gasteiger partial charge in [0.1, 0.15) is 4.21 Å². The predicted molar refractivity (Wildman–Crippen MR) is 76.5 cm³/mol. The molecule has 1 N–H and O–H groups in total. The van der Waals surface area contributed by atoms with E-state index in [0.717, 1.165) is 24.2 Å². The number of rotatable bonds is 4. The van der Waals surface area contributed by atoms with E-state index in [4.69, 9.17) is 0 Å². The Kier molecular flexibility index (Phi) is 4.79. The molecule has 20 heavy (non-hydrogen) atoms. The number of thiophene rings is 1. The van der Waals surface area contributed by atoms with Crippen LogP contribution in [0.25, 0.3) is 0 Å². The number of hydrogen-bond acceptors (Lipinski definition) is 6. The van der Waals surface area contributed by atoms with Crippen LogP contribution in [0.3, 0.4) is 0 Å². The molecule has 8 heteroatoms. The van der Waals surface area contributed by atoms with Crippen LogP contribution in [0.1, 0.15) is 23.2 Å². The molecule has 0 saturated carbocycles. The Hall–Kier alpha value is -0.960. The third kappa shape index (κ3) is 3.03. The van der Waals surface area contributed by atoms with Crippen LogP contribution >= 0.6 is 11.3 Å². The number of likely N-dealkylation sites (N-methyl/N-ethyl adjacent to an activating group) is 1. The second-order valence-electron chi connectivity index (χ2n) is 4.64. The predicted octanol–water partition coefficient (Wildman–Crippen LogP) is 0.907. The number of esters is 1. The molecule has 0 amide bonds. The zero-order valence-electron chi connectivity index (χ0n) is 11.5. The maximum absolute atomic E-state index is 12.5. The second kappa shape index (κ2) is 6.21. The van der Waals surface area contributed by atoms with Crippen molar-refractivity contribution in [2.75, 3.05) is 27.2 Å². The van der Waals surface area contributed by atoms with E-state index in [1.54, 1.807) is 0 Å². The summed E-state index contributed by atoms with van der Waals surface area (Å²) in [5, 5.41) is 4.63. The number of carbonyl (C=O) groups excluding carboxylic acids is 1. The molecular weight excluding hydrogens is 300 g/mol. The van der Waals surface area contributed by atoms with Crippen LogP contribution in [-0.4, -0.2) is 52.0 Å². The lowest BCUT2D eigenvalue weighted by Crippen LogP contribution is -2.46. The van der Waals surface area contributed by atoms with Gasteiger partial charge in [-0.05, 0) is 26.0 Å². The molecule has 1 saturated heterocycles. The van der Waals surface area contributed by atoms with Crippen molar-refractivity contribution < 1.29 is 17.9 Å². The number of carbonyl (C=O) groups is 1. The molecule has 2 heterocycles. The lowest BCUT2D eigenvalue weighted by molar-refractivity contribution is 0.0601. The Bertz CT molecular complexity index is 582. The van der Waals surface area contributed by atoms with Crippen LogP contribution in [0.2, 0.25) is 0 Å². The van der Waals surface area contributed by atoms with Crippen LogP contribution in [0.4, 0.5) is 0 Å². The zero-order chi connectivity index (χ0) is 14.8. The number of piperidine rings is 1. The number of hydrogen-bond donors (Lipinski definition) is 1. The van der Waals surface area contributed by atoms with Gasteiger partial charge in [0, 0.05) is 24.5 Å². The molecule has 1 aromatic rings. The summed E-state index contributed by atoms with van der Waals surface area (Å²) in [4.78, 5) is 11.4. The molecule has 6 nitrogen and oxygen atoms in total. The molecule has 1 aliphatic heterocycles. The highest BCUT2D eigenvalue weighted by Crippen LogP contribution is 2.26. The van der Waals surface area contributed by atoms with Gasteiger partial charge in [-0.25, -0.2) is 13.2 Å². The van der Waals surface area contributed by atoms with Crippen molar-refractivity contribution in [1.29, 1.82) is 0 Å².